The Morgan fingerprint density at radius 3 is 3.06 bits per heavy atom. The van der Waals surface area contributed by atoms with E-state index in [-0.39, 0.29) is 18.3 Å². The lowest BCUT2D eigenvalue weighted by Gasteiger charge is -2.25. The van der Waals surface area contributed by atoms with Crippen LogP contribution in [0.15, 0.2) is 17.5 Å². The highest BCUT2D eigenvalue weighted by molar-refractivity contribution is 7.99. The van der Waals surface area contributed by atoms with Crippen LogP contribution >= 0.6 is 35.5 Å². The van der Waals surface area contributed by atoms with Gasteiger partial charge in [0.2, 0.25) is 5.91 Å². The van der Waals surface area contributed by atoms with Crippen molar-refractivity contribution in [3.05, 3.63) is 22.4 Å². The Labute approximate surface area is 123 Å². The summed E-state index contributed by atoms with van der Waals surface area (Å²) < 4.78 is 0. The average molecular weight is 307 g/mol. The molecule has 1 aliphatic rings. The Morgan fingerprint density at radius 1 is 1.61 bits per heavy atom. The summed E-state index contributed by atoms with van der Waals surface area (Å²) in [4.78, 5) is 15.1. The molecule has 2 rings (SSSR count). The molecule has 0 bridgehead atoms. The quantitative estimate of drug-likeness (QED) is 0.926. The van der Waals surface area contributed by atoms with Crippen molar-refractivity contribution in [2.45, 2.75) is 19.0 Å². The minimum absolute atomic E-state index is 0. The molecule has 6 heteroatoms. The number of nitrogens with one attached hydrogen (secondary N) is 1. The van der Waals surface area contributed by atoms with Crippen molar-refractivity contribution in [3.8, 4) is 0 Å². The van der Waals surface area contributed by atoms with Crippen LogP contribution in [0.5, 0.6) is 0 Å². The number of thioether (sulfide) groups is 1. The van der Waals surface area contributed by atoms with Gasteiger partial charge in [-0.3, -0.25) is 4.79 Å². The van der Waals surface area contributed by atoms with Gasteiger partial charge in [0, 0.05) is 42.4 Å². The van der Waals surface area contributed by atoms with E-state index in [0.717, 1.165) is 24.6 Å². The second kappa shape index (κ2) is 8.04. The van der Waals surface area contributed by atoms with E-state index < -0.39 is 0 Å². The number of carbonyl (C=O) groups excluding carboxylic acids is 1. The molecule has 0 spiro atoms. The first-order valence-electron chi connectivity index (χ1n) is 5.83. The van der Waals surface area contributed by atoms with Crippen LogP contribution in [0.3, 0.4) is 0 Å². The number of carbonyl (C=O) groups is 1. The van der Waals surface area contributed by atoms with Crippen LogP contribution in [0, 0.1) is 0 Å². The molecule has 1 aliphatic heterocycles. The van der Waals surface area contributed by atoms with E-state index in [4.69, 9.17) is 0 Å². The number of thiophene rings is 1. The number of halogens is 1. The predicted molar refractivity (Wildman–Crippen MR) is 81.8 cm³/mol. The van der Waals surface area contributed by atoms with E-state index in [0.29, 0.717) is 12.5 Å². The SMILES string of the molecule is CN(Cc1cccs1)C(=O)CC1CSCCN1.Cl. The topological polar surface area (TPSA) is 32.3 Å². The molecule has 0 radical (unpaired) electrons. The molecule has 1 atom stereocenters. The summed E-state index contributed by atoms with van der Waals surface area (Å²) >= 11 is 3.63. The molecule has 3 nitrogen and oxygen atoms in total. The van der Waals surface area contributed by atoms with Gasteiger partial charge < -0.3 is 10.2 Å². The fourth-order valence-corrected chi connectivity index (χ4v) is 3.55. The van der Waals surface area contributed by atoms with Crippen LogP contribution in [0.1, 0.15) is 11.3 Å². The van der Waals surface area contributed by atoms with Crippen molar-refractivity contribution in [1.29, 1.82) is 0 Å². The Morgan fingerprint density at radius 2 is 2.44 bits per heavy atom. The first kappa shape index (κ1) is 15.8. The number of nitrogens with zero attached hydrogens (tertiary/aromatic N) is 1. The zero-order chi connectivity index (χ0) is 12.1. The number of hydrogen-bond donors (Lipinski definition) is 1. The maximum atomic E-state index is 12.0. The van der Waals surface area contributed by atoms with E-state index in [1.165, 1.54) is 4.88 Å². The zero-order valence-electron chi connectivity index (χ0n) is 10.4. The first-order chi connectivity index (χ1) is 8.25. The van der Waals surface area contributed by atoms with Gasteiger partial charge in [0.05, 0.1) is 6.54 Å². The number of hydrogen-bond acceptors (Lipinski definition) is 4. The third-order valence-electron chi connectivity index (χ3n) is 2.82. The fraction of sp³-hybridized carbons (Fsp3) is 0.583. The summed E-state index contributed by atoms with van der Waals surface area (Å²) in [6, 6.07) is 4.45. The third kappa shape index (κ3) is 4.80. The van der Waals surface area contributed by atoms with Gasteiger partial charge in [-0.25, -0.2) is 0 Å². The molecule has 1 N–H and O–H groups in total. The summed E-state index contributed by atoms with van der Waals surface area (Å²) in [5, 5.41) is 5.45. The molecule has 1 saturated heterocycles. The maximum Gasteiger partial charge on any atom is 0.224 e. The summed E-state index contributed by atoms with van der Waals surface area (Å²) in [6.45, 7) is 1.76. The zero-order valence-corrected chi connectivity index (χ0v) is 12.9. The molecular formula is C12H19ClN2OS2. The maximum absolute atomic E-state index is 12.0. The summed E-state index contributed by atoms with van der Waals surface area (Å²) in [6.07, 6.45) is 0.620. The lowest BCUT2D eigenvalue weighted by molar-refractivity contribution is -0.130. The molecule has 0 aromatic carbocycles. The van der Waals surface area contributed by atoms with E-state index in [1.54, 1.807) is 11.3 Å². The smallest absolute Gasteiger partial charge is 0.224 e. The molecule has 0 saturated carbocycles. The normalized spacial score (nSPS) is 19.1. The van der Waals surface area contributed by atoms with Crippen molar-refractivity contribution in [3.63, 3.8) is 0 Å². The van der Waals surface area contributed by atoms with Crippen molar-refractivity contribution < 1.29 is 4.79 Å². The minimum atomic E-state index is 0. The Kier molecular flexibility index (Phi) is 7.07. The highest BCUT2D eigenvalue weighted by atomic mass is 35.5. The molecule has 2 heterocycles. The second-order valence-corrected chi connectivity index (χ2v) is 6.44. The van der Waals surface area contributed by atoms with Gasteiger partial charge in [-0.2, -0.15) is 11.8 Å². The monoisotopic (exact) mass is 306 g/mol. The van der Waals surface area contributed by atoms with Gasteiger partial charge in [0.15, 0.2) is 0 Å². The van der Waals surface area contributed by atoms with E-state index in [1.807, 2.05) is 35.2 Å². The molecule has 0 aliphatic carbocycles. The van der Waals surface area contributed by atoms with Crippen LogP contribution in [0.4, 0.5) is 0 Å². The van der Waals surface area contributed by atoms with Crippen LogP contribution < -0.4 is 5.32 Å². The van der Waals surface area contributed by atoms with Gasteiger partial charge in [0.1, 0.15) is 0 Å². The van der Waals surface area contributed by atoms with Gasteiger partial charge >= 0.3 is 0 Å². The lowest BCUT2D eigenvalue weighted by Crippen LogP contribution is -2.41. The van der Waals surface area contributed by atoms with Gasteiger partial charge in [-0.05, 0) is 11.4 Å². The van der Waals surface area contributed by atoms with E-state index in [2.05, 4.69) is 11.4 Å². The predicted octanol–water partition coefficient (Wildman–Crippen LogP) is 2.22. The first-order valence-corrected chi connectivity index (χ1v) is 7.86. The molecule has 18 heavy (non-hydrogen) atoms. The number of amides is 1. The molecule has 1 amide bonds. The van der Waals surface area contributed by atoms with Crippen molar-refractivity contribution in [2.24, 2.45) is 0 Å². The van der Waals surface area contributed by atoms with Crippen LogP contribution in [-0.2, 0) is 11.3 Å². The minimum Gasteiger partial charge on any atom is -0.341 e. The molecule has 1 aromatic heterocycles. The summed E-state index contributed by atoms with van der Waals surface area (Å²) in [5.74, 6) is 2.45. The largest absolute Gasteiger partial charge is 0.341 e. The number of rotatable bonds is 4. The lowest BCUT2D eigenvalue weighted by atomic mass is 10.2. The van der Waals surface area contributed by atoms with E-state index >= 15 is 0 Å². The Bertz CT molecular complexity index is 353. The molecule has 1 aromatic rings. The van der Waals surface area contributed by atoms with Crippen LogP contribution in [0.2, 0.25) is 0 Å². The van der Waals surface area contributed by atoms with Crippen molar-refractivity contribution in [1.82, 2.24) is 10.2 Å². The van der Waals surface area contributed by atoms with Gasteiger partial charge in [0.25, 0.3) is 0 Å². The highest BCUT2D eigenvalue weighted by Gasteiger charge is 2.19. The molecular weight excluding hydrogens is 288 g/mol. The average Bonchev–Trinajstić information content (AvgIpc) is 2.83. The summed E-state index contributed by atoms with van der Waals surface area (Å²) in [7, 11) is 1.89. The van der Waals surface area contributed by atoms with Gasteiger partial charge in [-0.15, -0.1) is 23.7 Å². The van der Waals surface area contributed by atoms with Gasteiger partial charge in [-0.1, -0.05) is 6.07 Å². The van der Waals surface area contributed by atoms with Crippen molar-refractivity contribution >= 4 is 41.4 Å². The Hall–Kier alpha value is -0.230. The van der Waals surface area contributed by atoms with Crippen molar-refractivity contribution in [2.75, 3.05) is 25.1 Å². The molecule has 102 valence electrons. The highest BCUT2D eigenvalue weighted by Crippen LogP contribution is 2.14. The Balaban J connectivity index is 0.00000162. The third-order valence-corrected chi connectivity index (χ3v) is 4.81. The summed E-state index contributed by atoms with van der Waals surface area (Å²) in [5.41, 5.74) is 0. The second-order valence-electron chi connectivity index (χ2n) is 4.26. The van der Waals surface area contributed by atoms with Crippen LogP contribution in [-0.4, -0.2) is 41.9 Å². The van der Waals surface area contributed by atoms with E-state index in [9.17, 15) is 4.79 Å². The molecule has 1 fully saturated rings. The fourth-order valence-electron chi connectivity index (χ4n) is 1.84. The molecule has 1 unspecified atom stereocenters. The van der Waals surface area contributed by atoms with Crippen LogP contribution in [0.25, 0.3) is 0 Å². The standard InChI is InChI=1S/C12H18N2OS2.ClH/c1-14(8-11-3-2-5-17-11)12(15)7-10-9-16-6-4-13-10;/h2-3,5,10,13H,4,6-9H2,1H3;1H.